The number of imidazole rings is 1. The molecule has 0 aliphatic carbocycles. The van der Waals surface area contributed by atoms with Gasteiger partial charge in [-0.1, -0.05) is 13.8 Å². The van der Waals surface area contributed by atoms with E-state index in [1.165, 1.54) is 0 Å². The summed E-state index contributed by atoms with van der Waals surface area (Å²) in [6, 6.07) is 0. The first-order valence-electron chi connectivity index (χ1n) is 6.17. The van der Waals surface area contributed by atoms with Gasteiger partial charge in [0.25, 0.3) is 0 Å². The maximum Gasteiger partial charge on any atom is 0.193 e. The number of aromatic nitrogens is 2. The van der Waals surface area contributed by atoms with E-state index in [1.54, 1.807) is 11.3 Å². The van der Waals surface area contributed by atoms with Crippen molar-refractivity contribution in [1.82, 2.24) is 9.38 Å². The van der Waals surface area contributed by atoms with Crippen molar-refractivity contribution in [3.63, 3.8) is 0 Å². The summed E-state index contributed by atoms with van der Waals surface area (Å²) in [6.07, 6.45) is 3.88. The second kappa shape index (κ2) is 5.63. The lowest BCUT2D eigenvalue weighted by molar-refractivity contribution is -0.132. The smallest absolute Gasteiger partial charge is 0.193 e. The van der Waals surface area contributed by atoms with Crippen molar-refractivity contribution in [3.05, 3.63) is 23.5 Å². The fourth-order valence-electron chi connectivity index (χ4n) is 1.98. The van der Waals surface area contributed by atoms with Gasteiger partial charge in [0.05, 0.1) is 12.1 Å². The number of hydrogen-bond donors (Lipinski definition) is 0. The Labute approximate surface area is 111 Å². The zero-order valence-electron chi connectivity index (χ0n) is 10.9. The van der Waals surface area contributed by atoms with Gasteiger partial charge in [-0.05, 0) is 12.8 Å². The molecular weight excluding hydrogens is 248 g/mol. The van der Waals surface area contributed by atoms with Crippen molar-refractivity contribution in [3.8, 4) is 0 Å². The van der Waals surface area contributed by atoms with Crippen LogP contribution in [0.1, 0.15) is 26.5 Å². The first-order chi connectivity index (χ1) is 8.61. The van der Waals surface area contributed by atoms with Gasteiger partial charge in [0, 0.05) is 24.4 Å². The predicted octanol–water partition coefficient (Wildman–Crippen LogP) is 2.57. The van der Waals surface area contributed by atoms with Crippen molar-refractivity contribution in [2.24, 2.45) is 5.92 Å². The van der Waals surface area contributed by atoms with Gasteiger partial charge in [-0.15, -0.1) is 11.3 Å². The summed E-state index contributed by atoms with van der Waals surface area (Å²) >= 11 is 1.57. The first-order valence-corrected chi connectivity index (χ1v) is 7.05. The normalized spacial score (nSPS) is 13.3. The van der Waals surface area contributed by atoms with Gasteiger partial charge in [0.15, 0.2) is 10.7 Å². The molecule has 0 radical (unpaired) electrons. The van der Waals surface area contributed by atoms with Crippen LogP contribution >= 0.6 is 11.3 Å². The maximum atomic E-state index is 12.2. The molecule has 0 fully saturated rings. The molecule has 0 spiro atoms. The molecule has 18 heavy (non-hydrogen) atoms. The number of nitrogens with zero attached hydrogens (tertiary/aromatic N) is 2. The molecule has 0 saturated heterocycles. The Morgan fingerprint density at radius 3 is 2.94 bits per heavy atom. The van der Waals surface area contributed by atoms with Crippen LogP contribution in [0.15, 0.2) is 17.8 Å². The topological polar surface area (TPSA) is 43.6 Å². The van der Waals surface area contributed by atoms with Crippen LogP contribution in [0.2, 0.25) is 0 Å². The lowest BCUT2D eigenvalue weighted by Gasteiger charge is -2.18. The molecule has 1 atom stereocenters. The molecule has 2 aromatic heterocycles. The fraction of sp³-hybridized carbons (Fsp3) is 0.538. The zero-order valence-corrected chi connectivity index (χ0v) is 11.7. The summed E-state index contributed by atoms with van der Waals surface area (Å²) in [6.45, 7) is 6.48. The lowest BCUT2D eigenvalue weighted by atomic mass is 10.00. The molecule has 0 aliphatic rings. The van der Waals surface area contributed by atoms with Gasteiger partial charge in [-0.2, -0.15) is 0 Å². The molecule has 0 aliphatic heterocycles. The van der Waals surface area contributed by atoms with E-state index >= 15 is 0 Å². The first kappa shape index (κ1) is 13.2. The summed E-state index contributed by atoms with van der Waals surface area (Å²) < 4.78 is 7.45. The molecule has 2 heterocycles. The van der Waals surface area contributed by atoms with Gasteiger partial charge in [-0.3, -0.25) is 9.20 Å². The number of carbonyl (C=O) groups excluding carboxylic acids is 1. The Morgan fingerprint density at radius 1 is 1.56 bits per heavy atom. The van der Waals surface area contributed by atoms with Crippen LogP contribution in [-0.2, 0) is 16.0 Å². The number of fused-ring (bicyclic) bond motifs is 1. The average Bonchev–Trinajstić information content (AvgIpc) is 2.85. The summed E-state index contributed by atoms with van der Waals surface area (Å²) in [5, 5.41) is 1.98. The number of hydrogen-bond acceptors (Lipinski definition) is 4. The number of rotatable bonds is 6. The molecule has 0 amide bonds. The number of thiazole rings is 1. The standard InChI is InChI=1S/C13H18N2O2S/c1-4-17-12(9(2)3)11(16)7-10-8-15-5-6-18-13(15)14-10/h5-6,8-9,12H,4,7H2,1-3H3. The summed E-state index contributed by atoms with van der Waals surface area (Å²) in [5.41, 5.74) is 0.817. The third-order valence-electron chi connectivity index (χ3n) is 2.77. The molecule has 2 rings (SSSR count). The number of Topliss-reactive ketones (excluding diaryl/α,β-unsaturated/α-hetero) is 1. The molecule has 0 bridgehead atoms. The van der Waals surface area contributed by atoms with E-state index in [0.29, 0.717) is 13.0 Å². The van der Waals surface area contributed by atoms with Crippen molar-refractivity contribution in [2.45, 2.75) is 33.3 Å². The highest BCUT2D eigenvalue weighted by atomic mass is 32.1. The molecule has 98 valence electrons. The van der Waals surface area contributed by atoms with Gasteiger partial charge in [0.1, 0.15) is 6.10 Å². The summed E-state index contributed by atoms with van der Waals surface area (Å²) in [7, 11) is 0. The third kappa shape index (κ3) is 2.79. The van der Waals surface area contributed by atoms with Crippen molar-refractivity contribution in [1.29, 1.82) is 0 Å². The summed E-state index contributed by atoms with van der Waals surface area (Å²) in [4.78, 5) is 17.5. The van der Waals surface area contributed by atoms with Gasteiger partial charge in [-0.25, -0.2) is 4.98 Å². The predicted molar refractivity (Wildman–Crippen MR) is 72.0 cm³/mol. The number of carbonyl (C=O) groups is 1. The lowest BCUT2D eigenvalue weighted by Crippen LogP contribution is -2.31. The second-order valence-corrected chi connectivity index (χ2v) is 5.46. The summed E-state index contributed by atoms with van der Waals surface area (Å²) in [5.74, 6) is 0.304. The quantitative estimate of drug-likeness (QED) is 0.807. The highest BCUT2D eigenvalue weighted by molar-refractivity contribution is 7.15. The second-order valence-electron chi connectivity index (χ2n) is 4.59. The molecule has 2 aromatic rings. The minimum Gasteiger partial charge on any atom is -0.370 e. The molecule has 0 N–H and O–H groups in total. The third-order valence-corrected chi connectivity index (χ3v) is 3.54. The van der Waals surface area contributed by atoms with E-state index in [9.17, 15) is 4.79 Å². The van der Waals surface area contributed by atoms with Crippen LogP contribution in [-0.4, -0.2) is 27.9 Å². The van der Waals surface area contributed by atoms with E-state index < -0.39 is 0 Å². The van der Waals surface area contributed by atoms with Crippen molar-refractivity contribution >= 4 is 22.1 Å². The Bertz CT molecular complexity index is 501. The van der Waals surface area contributed by atoms with Gasteiger partial charge < -0.3 is 4.74 Å². The van der Waals surface area contributed by atoms with E-state index in [2.05, 4.69) is 4.98 Å². The average molecular weight is 266 g/mol. The van der Waals surface area contributed by atoms with Crippen LogP contribution < -0.4 is 0 Å². The van der Waals surface area contributed by atoms with Crippen molar-refractivity contribution in [2.75, 3.05) is 6.61 Å². The molecular formula is C13H18N2O2S. The Hall–Kier alpha value is -1.20. The molecule has 4 nitrogen and oxygen atoms in total. The van der Waals surface area contributed by atoms with E-state index in [1.807, 2.05) is 42.9 Å². The van der Waals surface area contributed by atoms with E-state index in [-0.39, 0.29) is 17.8 Å². The molecule has 0 aromatic carbocycles. The minimum atomic E-state index is -0.324. The van der Waals surface area contributed by atoms with E-state index in [4.69, 9.17) is 4.74 Å². The largest absolute Gasteiger partial charge is 0.370 e. The van der Waals surface area contributed by atoms with Crippen LogP contribution in [0.4, 0.5) is 0 Å². The molecule has 5 heteroatoms. The van der Waals surface area contributed by atoms with Crippen LogP contribution in [0.3, 0.4) is 0 Å². The highest BCUT2D eigenvalue weighted by Crippen LogP contribution is 2.15. The SMILES string of the molecule is CCOC(C(=O)Cc1cn2ccsc2n1)C(C)C. The Morgan fingerprint density at radius 2 is 2.33 bits per heavy atom. The Balaban J connectivity index is 2.07. The van der Waals surface area contributed by atoms with Crippen molar-refractivity contribution < 1.29 is 9.53 Å². The Kier molecular flexibility index (Phi) is 4.14. The number of ketones is 1. The zero-order chi connectivity index (χ0) is 13.1. The maximum absolute atomic E-state index is 12.2. The van der Waals surface area contributed by atoms with Crippen LogP contribution in [0, 0.1) is 5.92 Å². The highest BCUT2D eigenvalue weighted by Gasteiger charge is 2.23. The van der Waals surface area contributed by atoms with Crippen LogP contribution in [0.25, 0.3) is 4.96 Å². The molecule has 1 unspecified atom stereocenters. The fourth-order valence-corrected chi connectivity index (χ4v) is 2.70. The van der Waals surface area contributed by atoms with Gasteiger partial charge >= 0.3 is 0 Å². The minimum absolute atomic E-state index is 0.109. The number of ether oxygens (including phenoxy) is 1. The monoisotopic (exact) mass is 266 g/mol. The van der Waals surface area contributed by atoms with Gasteiger partial charge in [0.2, 0.25) is 0 Å². The molecule has 0 saturated carbocycles. The van der Waals surface area contributed by atoms with Crippen LogP contribution in [0.5, 0.6) is 0 Å². The van der Waals surface area contributed by atoms with E-state index in [0.717, 1.165) is 10.7 Å².